The quantitative estimate of drug-likeness (QED) is 0.695. The number of fused-ring (bicyclic) bond motifs is 1. The van der Waals surface area contributed by atoms with Gasteiger partial charge in [0.25, 0.3) is 0 Å². The molecule has 0 fully saturated rings. The summed E-state index contributed by atoms with van der Waals surface area (Å²) >= 11 is 6.20. The predicted octanol–water partition coefficient (Wildman–Crippen LogP) is 3.26. The summed E-state index contributed by atoms with van der Waals surface area (Å²) in [5.41, 5.74) is 2.50. The van der Waals surface area contributed by atoms with E-state index in [1.54, 1.807) is 16.9 Å². The molecule has 2 heterocycles. The average molecular weight is 293 g/mol. The van der Waals surface area contributed by atoms with Gasteiger partial charge in [0.1, 0.15) is 11.6 Å². The summed E-state index contributed by atoms with van der Waals surface area (Å²) in [4.78, 5) is 4.50. The average Bonchev–Trinajstić information content (AvgIpc) is 2.95. The van der Waals surface area contributed by atoms with Crippen molar-refractivity contribution in [2.75, 3.05) is 0 Å². The molecule has 0 aliphatic rings. The minimum Gasteiger partial charge on any atom is -0.321 e. The van der Waals surface area contributed by atoms with Gasteiger partial charge < -0.3 is 4.57 Å². The Bertz CT molecular complexity index is 760. The third kappa shape index (κ3) is 2.18. The van der Waals surface area contributed by atoms with E-state index in [0.29, 0.717) is 6.54 Å². The first-order valence-corrected chi connectivity index (χ1v) is 6.76. The molecule has 2 aromatic heterocycles. The molecule has 0 spiro atoms. The molecule has 104 valence electrons. The minimum absolute atomic E-state index is 0.251. The second-order valence-electron chi connectivity index (χ2n) is 4.75. The molecule has 0 aliphatic heterocycles. The zero-order valence-corrected chi connectivity index (χ0v) is 12.0. The second-order valence-corrected chi connectivity index (χ2v) is 5.41. The summed E-state index contributed by atoms with van der Waals surface area (Å²) in [6, 6.07) is 6.49. The van der Waals surface area contributed by atoms with E-state index in [9.17, 15) is 4.39 Å². The molecule has 0 aliphatic carbocycles. The van der Waals surface area contributed by atoms with Crippen molar-refractivity contribution in [1.82, 2.24) is 19.3 Å². The molecule has 0 radical (unpaired) electrons. The van der Waals surface area contributed by atoms with E-state index < -0.39 is 0 Å². The van der Waals surface area contributed by atoms with E-state index in [2.05, 4.69) is 10.1 Å². The van der Waals surface area contributed by atoms with Gasteiger partial charge in [0, 0.05) is 13.2 Å². The lowest BCUT2D eigenvalue weighted by Crippen LogP contribution is -2.09. The molecule has 4 nitrogen and oxygen atoms in total. The minimum atomic E-state index is -0.280. The maximum atomic E-state index is 13.5. The second kappa shape index (κ2) is 4.90. The molecule has 0 saturated heterocycles. The van der Waals surface area contributed by atoms with Crippen LogP contribution >= 0.6 is 11.6 Å². The standard InChI is InChI=1S/C14H14ClFN4/c1-9(15)14-18-12-4-3-10(16)7-13(12)20(14)8-11-5-6-17-19(11)2/h3-7,9H,8H2,1-2H3. The van der Waals surface area contributed by atoms with Crippen LogP contribution in [-0.2, 0) is 13.6 Å². The fourth-order valence-electron chi connectivity index (χ4n) is 2.30. The number of rotatable bonds is 3. The predicted molar refractivity (Wildman–Crippen MR) is 76.3 cm³/mol. The van der Waals surface area contributed by atoms with Crippen LogP contribution in [0.15, 0.2) is 30.5 Å². The molecular formula is C14H14ClFN4. The Balaban J connectivity index is 2.18. The summed E-state index contributed by atoms with van der Waals surface area (Å²) < 4.78 is 17.2. The molecule has 20 heavy (non-hydrogen) atoms. The van der Waals surface area contributed by atoms with Crippen molar-refractivity contribution < 1.29 is 4.39 Å². The molecule has 1 unspecified atom stereocenters. The molecule has 1 aromatic carbocycles. The third-order valence-electron chi connectivity index (χ3n) is 3.34. The van der Waals surface area contributed by atoms with Crippen molar-refractivity contribution in [3.63, 3.8) is 0 Å². The number of aromatic nitrogens is 4. The van der Waals surface area contributed by atoms with Gasteiger partial charge in [0.05, 0.1) is 28.6 Å². The Labute approximate surface area is 120 Å². The van der Waals surface area contributed by atoms with E-state index in [0.717, 1.165) is 22.6 Å². The van der Waals surface area contributed by atoms with Crippen LogP contribution in [0.5, 0.6) is 0 Å². The molecular weight excluding hydrogens is 279 g/mol. The molecule has 0 N–H and O–H groups in total. The van der Waals surface area contributed by atoms with Gasteiger partial charge in [0.2, 0.25) is 0 Å². The summed E-state index contributed by atoms with van der Waals surface area (Å²) in [6.07, 6.45) is 1.73. The lowest BCUT2D eigenvalue weighted by molar-refractivity contribution is 0.626. The van der Waals surface area contributed by atoms with Gasteiger partial charge in [0.15, 0.2) is 0 Å². The molecule has 6 heteroatoms. The fourth-order valence-corrected chi connectivity index (χ4v) is 2.47. The van der Waals surface area contributed by atoms with E-state index in [1.807, 2.05) is 24.6 Å². The first-order valence-electron chi connectivity index (χ1n) is 6.33. The number of hydrogen-bond donors (Lipinski definition) is 0. The Kier molecular flexibility index (Phi) is 3.22. The van der Waals surface area contributed by atoms with Crippen molar-refractivity contribution in [3.8, 4) is 0 Å². The highest BCUT2D eigenvalue weighted by Gasteiger charge is 2.16. The number of hydrogen-bond acceptors (Lipinski definition) is 2. The summed E-state index contributed by atoms with van der Waals surface area (Å²) in [7, 11) is 1.87. The van der Waals surface area contributed by atoms with Crippen LogP contribution < -0.4 is 0 Å². The van der Waals surface area contributed by atoms with Crippen molar-refractivity contribution in [3.05, 3.63) is 47.8 Å². The summed E-state index contributed by atoms with van der Waals surface area (Å²) in [6.45, 7) is 2.42. The Hall–Kier alpha value is -1.88. The van der Waals surface area contributed by atoms with Gasteiger partial charge in [-0.15, -0.1) is 11.6 Å². The number of imidazole rings is 1. The van der Waals surface area contributed by atoms with E-state index >= 15 is 0 Å². The van der Waals surface area contributed by atoms with E-state index in [1.165, 1.54) is 12.1 Å². The fraction of sp³-hybridized carbons (Fsp3) is 0.286. The van der Waals surface area contributed by atoms with Crippen LogP contribution in [0.3, 0.4) is 0 Å². The van der Waals surface area contributed by atoms with Gasteiger partial charge in [-0.05, 0) is 31.2 Å². The van der Waals surface area contributed by atoms with Gasteiger partial charge in [-0.2, -0.15) is 5.10 Å². The highest BCUT2D eigenvalue weighted by Crippen LogP contribution is 2.26. The molecule has 3 rings (SSSR count). The highest BCUT2D eigenvalue weighted by molar-refractivity contribution is 6.20. The summed E-state index contributed by atoms with van der Waals surface area (Å²) in [5, 5.41) is 3.89. The Morgan fingerprint density at radius 2 is 2.15 bits per heavy atom. The number of benzene rings is 1. The zero-order valence-electron chi connectivity index (χ0n) is 11.2. The van der Waals surface area contributed by atoms with Crippen LogP contribution in [0.4, 0.5) is 4.39 Å². The van der Waals surface area contributed by atoms with Gasteiger partial charge >= 0.3 is 0 Å². The lowest BCUT2D eigenvalue weighted by atomic mass is 10.3. The Morgan fingerprint density at radius 3 is 2.80 bits per heavy atom. The van der Waals surface area contributed by atoms with Crippen LogP contribution in [0.25, 0.3) is 11.0 Å². The van der Waals surface area contributed by atoms with Crippen LogP contribution in [0, 0.1) is 5.82 Å². The SMILES string of the molecule is CC(Cl)c1nc2ccc(F)cc2n1Cc1ccnn1C. The van der Waals surface area contributed by atoms with Gasteiger partial charge in [-0.1, -0.05) is 0 Å². The summed E-state index contributed by atoms with van der Waals surface area (Å²) in [5.74, 6) is 0.450. The normalized spacial score (nSPS) is 13.0. The molecule has 0 amide bonds. The smallest absolute Gasteiger partial charge is 0.128 e. The van der Waals surface area contributed by atoms with Crippen molar-refractivity contribution in [2.24, 2.45) is 7.05 Å². The van der Waals surface area contributed by atoms with E-state index in [4.69, 9.17) is 11.6 Å². The zero-order chi connectivity index (χ0) is 14.3. The highest BCUT2D eigenvalue weighted by atomic mass is 35.5. The lowest BCUT2D eigenvalue weighted by Gasteiger charge is -2.10. The topological polar surface area (TPSA) is 35.6 Å². The van der Waals surface area contributed by atoms with Crippen LogP contribution in [0.1, 0.15) is 23.8 Å². The molecule has 0 bridgehead atoms. The van der Waals surface area contributed by atoms with E-state index in [-0.39, 0.29) is 11.2 Å². The van der Waals surface area contributed by atoms with Crippen molar-refractivity contribution >= 4 is 22.6 Å². The van der Waals surface area contributed by atoms with Crippen molar-refractivity contribution in [1.29, 1.82) is 0 Å². The largest absolute Gasteiger partial charge is 0.321 e. The number of halogens is 2. The first-order chi connectivity index (χ1) is 9.56. The number of nitrogens with zero attached hydrogens (tertiary/aromatic N) is 4. The molecule has 1 atom stereocenters. The molecule has 0 saturated carbocycles. The monoisotopic (exact) mass is 292 g/mol. The third-order valence-corrected chi connectivity index (χ3v) is 3.53. The maximum absolute atomic E-state index is 13.5. The number of aryl methyl sites for hydroxylation is 1. The first kappa shape index (κ1) is 13.1. The Morgan fingerprint density at radius 1 is 1.35 bits per heavy atom. The van der Waals surface area contributed by atoms with Gasteiger partial charge in [-0.25, -0.2) is 9.37 Å². The van der Waals surface area contributed by atoms with Crippen LogP contribution in [-0.4, -0.2) is 19.3 Å². The number of alkyl halides is 1. The molecule has 3 aromatic rings. The van der Waals surface area contributed by atoms with Gasteiger partial charge in [-0.3, -0.25) is 4.68 Å². The van der Waals surface area contributed by atoms with Crippen LogP contribution in [0.2, 0.25) is 0 Å². The van der Waals surface area contributed by atoms with Crippen molar-refractivity contribution in [2.45, 2.75) is 18.8 Å². The maximum Gasteiger partial charge on any atom is 0.128 e.